The van der Waals surface area contributed by atoms with E-state index in [1.807, 2.05) is 20.8 Å². The van der Waals surface area contributed by atoms with Crippen LogP contribution in [0.2, 0.25) is 0 Å². The molecule has 1 heterocycles. The van der Waals surface area contributed by atoms with Gasteiger partial charge in [0.2, 0.25) is 0 Å². The van der Waals surface area contributed by atoms with E-state index in [1.165, 1.54) is 0 Å². The van der Waals surface area contributed by atoms with Gasteiger partial charge in [0.15, 0.2) is 0 Å². The molecule has 2 fully saturated rings. The van der Waals surface area contributed by atoms with Gasteiger partial charge in [0.05, 0.1) is 12.9 Å². The molecule has 2 rings (SSSR count). The Balaban J connectivity index is 1.76. The fourth-order valence-electron chi connectivity index (χ4n) is 2.57. The fourth-order valence-corrected chi connectivity index (χ4v) is 2.98. The zero-order valence-electron chi connectivity index (χ0n) is 11.8. The van der Waals surface area contributed by atoms with E-state index in [2.05, 4.69) is 0 Å². The number of piperidine rings is 1. The van der Waals surface area contributed by atoms with Gasteiger partial charge in [-0.05, 0) is 38.5 Å². The van der Waals surface area contributed by atoms with E-state index in [-0.39, 0.29) is 18.6 Å². The summed E-state index contributed by atoms with van der Waals surface area (Å²) in [5.74, 6) is 0.969. The summed E-state index contributed by atoms with van der Waals surface area (Å²) < 4.78 is 31.9. The zero-order chi connectivity index (χ0) is 14.4. The maximum absolute atomic E-state index is 11.8. The zero-order valence-corrected chi connectivity index (χ0v) is 12.6. The van der Waals surface area contributed by atoms with Crippen LogP contribution in [0.4, 0.5) is 4.79 Å². The maximum atomic E-state index is 11.8. The van der Waals surface area contributed by atoms with Gasteiger partial charge in [-0.1, -0.05) is 0 Å². The van der Waals surface area contributed by atoms with Crippen LogP contribution in [0.3, 0.4) is 0 Å². The number of amides is 1. The largest absolute Gasteiger partial charge is 0.444 e. The molecule has 1 unspecified atom stereocenters. The molecule has 1 aliphatic heterocycles. The smallest absolute Gasteiger partial charge is 0.410 e. The average molecular weight is 291 g/mol. The van der Waals surface area contributed by atoms with E-state index in [0.717, 1.165) is 6.26 Å². The lowest BCUT2D eigenvalue weighted by atomic mass is 10.2. The molecule has 1 saturated carbocycles. The summed E-state index contributed by atoms with van der Waals surface area (Å²) >= 11 is 0. The highest BCUT2D eigenvalue weighted by Crippen LogP contribution is 2.52. The molecule has 7 heteroatoms. The van der Waals surface area contributed by atoms with Crippen LogP contribution < -0.4 is 0 Å². The number of carbonyl (C=O) groups excluding carboxylic acids is 1. The molecular formula is C12H21NO5S. The van der Waals surface area contributed by atoms with Gasteiger partial charge in [-0.3, -0.25) is 4.18 Å². The summed E-state index contributed by atoms with van der Waals surface area (Å²) in [6.07, 6.45) is 0.764. The molecule has 0 bridgehead atoms. The van der Waals surface area contributed by atoms with Crippen molar-refractivity contribution in [1.82, 2.24) is 4.90 Å². The first-order valence-electron chi connectivity index (χ1n) is 6.39. The van der Waals surface area contributed by atoms with Crippen LogP contribution in [0.15, 0.2) is 0 Å². The minimum Gasteiger partial charge on any atom is -0.444 e. The number of hydrogen-bond acceptors (Lipinski definition) is 5. The van der Waals surface area contributed by atoms with E-state index in [0.29, 0.717) is 24.9 Å². The third-order valence-electron chi connectivity index (χ3n) is 3.50. The van der Waals surface area contributed by atoms with Crippen molar-refractivity contribution in [2.24, 2.45) is 17.8 Å². The molecule has 1 amide bonds. The van der Waals surface area contributed by atoms with Gasteiger partial charge in [0.25, 0.3) is 10.1 Å². The van der Waals surface area contributed by atoms with Crippen molar-refractivity contribution in [3.8, 4) is 0 Å². The molecule has 0 N–H and O–H groups in total. The van der Waals surface area contributed by atoms with E-state index < -0.39 is 15.7 Å². The number of carbonyl (C=O) groups is 1. The average Bonchev–Trinajstić information content (AvgIpc) is 2.65. The molecule has 6 nitrogen and oxygen atoms in total. The first-order chi connectivity index (χ1) is 8.57. The number of rotatable bonds is 3. The highest BCUT2D eigenvalue weighted by molar-refractivity contribution is 7.85. The Kier molecular flexibility index (Phi) is 3.55. The van der Waals surface area contributed by atoms with Crippen LogP contribution in [-0.4, -0.2) is 51.0 Å². The van der Waals surface area contributed by atoms with Crippen LogP contribution in [0.25, 0.3) is 0 Å². The van der Waals surface area contributed by atoms with Crippen molar-refractivity contribution in [3.63, 3.8) is 0 Å². The van der Waals surface area contributed by atoms with Gasteiger partial charge < -0.3 is 9.64 Å². The second-order valence-electron chi connectivity index (χ2n) is 6.37. The van der Waals surface area contributed by atoms with Crippen molar-refractivity contribution in [2.45, 2.75) is 26.4 Å². The van der Waals surface area contributed by atoms with Crippen LogP contribution in [0.1, 0.15) is 20.8 Å². The Morgan fingerprint density at radius 1 is 1.26 bits per heavy atom. The second-order valence-corrected chi connectivity index (χ2v) is 8.01. The van der Waals surface area contributed by atoms with Crippen LogP contribution in [0.5, 0.6) is 0 Å². The maximum Gasteiger partial charge on any atom is 0.410 e. The summed E-state index contributed by atoms with van der Waals surface area (Å²) in [6, 6.07) is 0. The molecular weight excluding hydrogens is 270 g/mol. The molecule has 1 aliphatic carbocycles. The highest BCUT2D eigenvalue weighted by Gasteiger charge is 2.57. The predicted molar refractivity (Wildman–Crippen MR) is 69.1 cm³/mol. The molecule has 0 spiro atoms. The van der Waals surface area contributed by atoms with E-state index in [9.17, 15) is 13.2 Å². The summed E-state index contributed by atoms with van der Waals surface area (Å²) in [7, 11) is -3.37. The molecule has 0 radical (unpaired) electrons. The van der Waals surface area contributed by atoms with Crippen molar-refractivity contribution >= 4 is 16.2 Å². The van der Waals surface area contributed by atoms with Crippen LogP contribution >= 0.6 is 0 Å². The van der Waals surface area contributed by atoms with Gasteiger partial charge >= 0.3 is 6.09 Å². The molecule has 19 heavy (non-hydrogen) atoms. The Hall–Kier alpha value is -0.820. The van der Waals surface area contributed by atoms with E-state index >= 15 is 0 Å². The monoisotopic (exact) mass is 291 g/mol. The lowest BCUT2D eigenvalue weighted by Gasteiger charge is -2.25. The molecule has 1 saturated heterocycles. The van der Waals surface area contributed by atoms with Crippen molar-refractivity contribution < 1.29 is 22.1 Å². The number of likely N-dealkylation sites (tertiary alicyclic amines) is 1. The number of fused-ring (bicyclic) bond motifs is 1. The van der Waals surface area contributed by atoms with Crippen LogP contribution in [-0.2, 0) is 19.0 Å². The van der Waals surface area contributed by atoms with Crippen molar-refractivity contribution in [3.05, 3.63) is 0 Å². The van der Waals surface area contributed by atoms with Gasteiger partial charge in [0, 0.05) is 13.1 Å². The summed E-state index contributed by atoms with van der Waals surface area (Å²) in [6.45, 7) is 7.02. The van der Waals surface area contributed by atoms with E-state index in [1.54, 1.807) is 4.90 Å². The number of ether oxygens (including phenoxy) is 1. The molecule has 0 aromatic rings. The Bertz CT molecular complexity index is 455. The van der Waals surface area contributed by atoms with E-state index in [4.69, 9.17) is 8.92 Å². The highest BCUT2D eigenvalue weighted by atomic mass is 32.2. The predicted octanol–water partition coefficient (Wildman–Crippen LogP) is 1.08. The number of nitrogens with zero attached hydrogens (tertiary/aromatic N) is 1. The standard InChI is InChI=1S/C12H21NO5S/c1-12(2,3)18-11(14)13-5-8-9(6-13)10(8)7-17-19(4,15)16/h8-10H,5-7H2,1-4H3/t8-,9+,10?. The summed E-state index contributed by atoms with van der Waals surface area (Å²) in [5.41, 5.74) is -0.483. The Morgan fingerprint density at radius 2 is 1.79 bits per heavy atom. The molecule has 0 aromatic carbocycles. The molecule has 110 valence electrons. The molecule has 0 aromatic heterocycles. The quantitative estimate of drug-likeness (QED) is 0.727. The van der Waals surface area contributed by atoms with Gasteiger partial charge in [-0.2, -0.15) is 8.42 Å². The lowest BCUT2D eigenvalue weighted by Crippen LogP contribution is -2.37. The minimum atomic E-state index is -3.37. The normalized spacial score (nSPS) is 30.1. The van der Waals surface area contributed by atoms with Crippen molar-refractivity contribution in [1.29, 1.82) is 0 Å². The first kappa shape index (κ1) is 14.6. The SMILES string of the molecule is CC(C)(C)OC(=O)N1C[C@@H]2C(COS(C)(=O)=O)[C@@H]2C1. The topological polar surface area (TPSA) is 72.9 Å². The van der Waals surface area contributed by atoms with Crippen molar-refractivity contribution in [2.75, 3.05) is 26.0 Å². The molecule has 3 atom stereocenters. The Labute approximate surface area is 114 Å². The third-order valence-corrected chi connectivity index (χ3v) is 4.06. The Morgan fingerprint density at radius 3 is 2.21 bits per heavy atom. The molecule has 2 aliphatic rings. The first-order valence-corrected chi connectivity index (χ1v) is 8.21. The minimum absolute atomic E-state index is 0.232. The van der Waals surface area contributed by atoms with Crippen LogP contribution in [0, 0.1) is 17.8 Å². The summed E-state index contributed by atoms with van der Waals surface area (Å²) in [4.78, 5) is 13.5. The number of hydrogen-bond donors (Lipinski definition) is 0. The van der Waals surface area contributed by atoms with Gasteiger partial charge in [-0.25, -0.2) is 4.79 Å². The third kappa shape index (κ3) is 3.82. The second kappa shape index (κ2) is 4.63. The fraction of sp³-hybridized carbons (Fsp3) is 0.917. The van der Waals surface area contributed by atoms with Gasteiger partial charge in [0.1, 0.15) is 5.60 Å². The van der Waals surface area contributed by atoms with Gasteiger partial charge in [-0.15, -0.1) is 0 Å². The lowest BCUT2D eigenvalue weighted by molar-refractivity contribution is 0.0261. The summed E-state index contributed by atoms with van der Waals surface area (Å²) in [5, 5.41) is 0.